The van der Waals surface area contributed by atoms with Gasteiger partial charge in [-0.15, -0.1) is 0 Å². The van der Waals surface area contributed by atoms with Crippen molar-refractivity contribution in [3.63, 3.8) is 0 Å². The second-order valence-corrected chi connectivity index (χ2v) is 6.11. The molecule has 82 valence electrons. The highest BCUT2D eigenvalue weighted by Crippen LogP contribution is 2.36. The van der Waals surface area contributed by atoms with Crippen LogP contribution in [0.25, 0.3) is 0 Å². The largest absolute Gasteiger partial charge is 0.316 e. The molecule has 0 aromatic heterocycles. The van der Waals surface area contributed by atoms with Gasteiger partial charge in [-0.1, -0.05) is 19.3 Å². The van der Waals surface area contributed by atoms with Crippen LogP contribution >= 0.6 is 11.8 Å². The van der Waals surface area contributed by atoms with Crippen LogP contribution in [0.15, 0.2) is 0 Å². The third kappa shape index (κ3) is 2.46. The molecule has 1 aliphatic carbocycles. The number of nitrogens with one attached hydrogen (secondary N) is 1. The molecule has 2 atom stereocenters. The van der Waals surface area contributed by atoms with E-state index in [-0.39, 0.29) is 0 Å². The first-order chi connectivity index (χ1) is 6.92. The molecule has 1 nitrogen and oxygen atoms in total. The molecule has 0 aromatic rings. The summed E-state index contributed by atoms with van der Waals surface area (Å²) in [6.07, 6.45) is 10.3. The standard InChI is InChI=1S/C12H23NS/c1-13-12(10-6-2-3-7-10)11-8-4-5-9-14-11/h10-13H,2-9H2,1H3. The molecule has 2 heteroatoms. The molecule has 1 saturated heterocycles. The summed E-state index contributed by atoms with van der Waals surface area (Å²) in [5.41, 5.74) is 0. The Morgan fingerprint density at radius 2 is 1.79 bits per heavy atom. The van der Waals surface area contributed by atoms with E-state index in [1.807, 2.05) is 0 Å². The summed E-state index contributed by atoms with van der Waals surface area (Å²) in [4.78, 5) is 0. The quantitative estimate of drug-likeness (QED) is 0.773. The first kappa shape index (κ1) is 10.8. The smallest absolute Gasteiger partial charge is 0.0211 e. The van der Waals surface area contributed by atoms with Crippen LogP contribution in [-0.4, -0.2) is 24.1 Å². The zero-order chi connectivity index (χ0) is 9.80. The summed E-state index contributed by atoms with van der Waals surface area (Å²) in [6.45, 7) is 0. The van der Waals surface area contributed by atoms with Gasteiger partial charge in [0.25, 0.3) is 0 Å². The minimum absolute atomic E-state index is 0.808. The Morgan fingerprint density at radius 1 is 1.07 bits per heavy atom. The highest BCUT2D eigenvalue weighted by atomic mass is 32.2. The molecule has 0 bridgehead atoms. The molecule has 2 unspecified atom stereocenters. The number of rotatable bonds is 3. The molecule has 2 rings (SSSR count). The van der Waals surface area contributed by atoms with Gasteiger partial charge in [0, 0.05) is 11.3 Å². The topological polar surface area (TPSA) is 12.0 Å². The fourth-order valence-corrected chi connectivity index (χ4v) is 4.66. The maximum atomic E-state index is 3.59. The van der Waals surface area contributed by atoms with Gasteiger partial charge in [-0.3, -0.25) is 0 Å². The van der Waals surface area contributed by atoms with Gasteiger partial charge in [0.1, 0.15) is 0 Å². The van der Waals surface area contributed by atoms with Crippen molar-refractivity contribution < 1.29 is 0 Å². The van der Waals surface area contributed by atoms with Gasteiger partial charge in [0.15, 0.2) is 0 Å². The van der Waals surface area contributed by atoms with Crippen LogP contribution in [0.2, 0.25) is 0 Å². The first-order valence-electron chi connectivity index (χ1n) is 6.20. The Bertz CT molecular complexity index is 160. The highest BCUT2D eigenvalue weighted by molar-refractivity contribution is 8.00. The molecular weight excluding hydrogens is 190 g/mol. The van der Waals surface area contributed by atoms with Crippen molar-refractivity contribution in [2.24, 2.45) is 5.92 Å². The van der Waals surface area contributed by atoms with E-state index in [4.69, 9.17) is 0 Å². The van der Waals surface area contributed by atoms with Gasteiger partial charge in [0.05, 0.1) is 0 Å². The van der Waals surface area contributed by atoms with Crippen molar-refractivity contribution in [3.8, 4) is 0 Å². The van der Waals surface area contributed by atoms with Crippen LogP contribution in [-0.2, 0) is 0 Å². The summed E-state index contributed by atoms with van der Waals surface area (Å²) in [5, 5.41) is 4.51. The fraction of sp³-hybridized carbons (Fsp3) is 1.00. The molecule has 1 heterocycles. The predicted octanol–water partition coefficient (Wildman–Crippen LogP) is 3.05. The molecule has 1 saturated carbocycles. The van der Waals surface area contributed by atoms with Gasteiger partial charge in [-0.2, -0.15) is 11.8 Å². The van der Waals surface area contributed by atoms with Crippen LogP contribution in [0, 0.1) is 5.92 Å². The van der Waals surface area contributed by atoms with Crippen LogP contribution in [0.4, 0.5) is 0 Å². The fourth-order valence-electron chi connectivity index (χ4n) is 3.09. The molecule has 1 aliphatic heterocycles. The lowest BCUT2D eigenvalue weighted by atomic mass is 9.92. The lowest BCUT2D eigenvalue weighted by Gasteiger charge is -2.33. The first-order valence-corrected chi connectivity index (χ1v) is 7.25. The van der Waals surface area contributed by atoms with Crippen molar-refractivity contribution in [1.82, 2.24) is 5.32 Å². The summed E-state index contributed by atoms with van der Waals surface area (Å²) < 4.78 is 0. The van der Waals surface area contributed by atoms with E-state index in [1.54, 1.807) is 0 Å². The summed E-state index contributed by atoms with van der Waals surface area (Å²) >= 11 is 2.22. The molecule has 0 spiro atoms. The Kier molecular flexibility index (Phi) is 4.18. The predicted molar refractivity (Wildman–Crippen MR) is 64.9 cm³/mol. The molecule has 1 N–H and O–H groups in total. The second kappa shape index (κ2) is 5.41. The van der Waals surface area contributed by atoms with Crippen LogP contribution in [0.3, 0.4) is 0 Å². The van der Waals surface area contributed by atoms with Gasteiger partial charge < -0.3 is 5.32 Å². The molecule has 0 aromatic carbocycles. The minimum atomic E-state index is 0.808. The van der Waals surface area contributed by atoms with Gasteiger partial charge in [0.2, 0.25) is 0 Å². The Balaban J connectivity index is 1.89. The zero-order valence-corrected chi connectivity index (χ0v) is 10.1. The van der Waals surface area contributed by atoms with E-state index in [0.29, 0.717) is 0 Å². The third-order valence-corrected chi connectivity index (χ3v) is 5.34. The number of hydrogen-bond donors (Lipinski definition) is 1. The van der Waals surface area contributed by atoms with E-state index in [1.165, 1.54) is 50.7 Å². The molecule has 0 amide bonds. The van der Waals surface area contributed by atoms with Crippen molar-refractivity contribution in [2.75, 3.05) is 12.8 Å². The third-order valence-electron chi connectivity index (χ3n) is 3.86. The lowest BCUT2D eigenvalue weighted by Crippen LogP contribution is -2.42. The maximum Gasteiger partial charge on any atom is 0.0211 e. The van der Waals surface area contributed by atoms with E-state index >= 15 is 0 Å². The average molecular weight is 213 g/mol. The normalized spacial score (nSPS) is 31.9. The number of thioether (sulfide) groups is 1. The second-order valence-electron chi connectivity index (χ2n) is 4.76. The van der Waals surface area contributed by atoms with Crippen LogP contribution in [0.1, 0.15) is 44.9 Å². The Labute approximate surface area is 92.4 Å². The highest BCUT2D eigenvalue weighted by Gasteiger charge is 2.31. The van der Waals surface area contributed by atoms with Gasteiger partial charge in [-0.25, -0.2) is 0 Å². The van der Waals surface area contributed by atoms with Crippen molar-refractivity contribution in [2.45, 2.75) is 56.2 Å². The average Bonchev–Trinajstić information content (AvgIpc) is 2.74. The number of hydrogen-bond acceptors (Lipinski definition) is 2. The summed E-state index contributed by atoms with van der Waals surface area (Å²) in [5.74, 6) is 2.38. The molecule has 2 aliphatic rings. The SMILES string of the molecule is CNC(C1CCCC1)C1CCCCS1. The Hall–Kier alpha value is 0.310. The van der Waals surface area contributed by atoms with E-state index < -0.39 is 0 Å². The van der Waals surface area contributed by atoms with Gasteiger partial charge >= 0.3 is 0 Å². The van der Waals surface area contributed by atoms with E-state index in [2.05, 4.69) is 24.1 Å². The summed E-state index contributed by atoms with van der Waals surface area (Å²) in [7, 11) is 2.16. The van der Waals surface area contributed by atoms with E-state index in [9.17, 15) is 0 Å². The van der Waals surface area contributed by atoms with E-state index in [0.717, 1.165) is 17.2 Å². The molecular formula is C12H23NS. The zero-order valence-electron chi connectivity index (χ0n) is 9.30. The van der Waals surface area contributed by atoms with Crippen molar-refractivity contribution in [3.05, 3.63) is 0 Å². The van der Waals surface area contributed by atoms with Gasteiger partial charge in [-0.05, 0) is 44.4 Å². The Morgan fingerprint density at radius 3 is 2.36 bits per heavy atom. The molecule has 14 heavy (non-hydrogen) atoms. The minimum Gasteiger partial charge on any atom is -0.316 e. The van der Waals surface area contributed by atoms with Crippen molar-refractivity contribution in [1.29, 1.82) is 0 Å². The summed E-state index contributed by atoms with van der Waals surface area (Å²) in [6, 6.07) is 0.808. The van der Waals surface area contributed by atoms with Crippen LogP contribution in [0.5, 0.6) is 0 Å². The molecule has 0 radical (unpaired) electrons. The monoisotopic (exact) mass is 213 g/mol. The maximum absolute atomic E-state index is 3.59. The van der Waals surface area contributed by atoms with Crippen molar-refractivity contribution >= 4 is 11.8 Å². The lowest BCUT2D eigenvalue weighted by molar-refractivity contribution is 0.355. The van der Waals surface area contributed by atoms with Crippen LogP contribution < -0.4 is 5.32 Å². The molecule has 2 fully saturated rings.